The molecule has 1 N–H and O–H groups in total. The molecule has 6 nitrogen and oxygen atoms in total. The number of carbonyl (C=O) groups excluding carboxylic acids is 2. The second kappa shape index (κ2) is 10.2. The molecule has 1 fully saturated rings. The average molecular weight is 376 g/mol. The van der Waals surface area contributed by atoms with Gasteiger partial charge in [0.05, 0.1) is 25.2 Å². The van der Waals surface area contributed by atoms with Crippen LogP contribution in [-0.4, -0.2) is 43.0 Å². The minimum absolute atomic E-state index is 0.0537. The molecule has 1 heterocycles. The van der Waals surface area contributed by atoms with Gasteiger partial charge in [-0.2, -0.15) is 0 Å². The van der Waals surface area contributed by atoms with Crippen molar-refractivity contribution in [3.63, 3.8) is 0 Å². The molecule has 0 saturated carbocycles. The molecule has 150 valence electrons. The molecule has 6 heteroatoms. The van der Waals surface area contributed by atoms with Gasteiger partial charge in [-0.05, 0) is 44.4 Å². The zero-order valence-electron chi connectivity index (χ0n) is 16.9. The van der Waals surface area contributed by atoms with E-state index in [-0.39, 0.29) is 23.8 Å². The molecule has 1 aromatic rings. The number of benzene rings is 1. The molecule has 2 rings (SSSR count). The van der Waals surface area contributed by atoms with Gasteiger partial charge in [-0.25, -0.2) is 0 Å². The molecule has 0 aromatic heterocycles. The molecule has 2 atom stereocenters. The van der Waals surface area contributed by atoms with E-state index < -0.39 is 0 Å². The Morgan fingerprint density at radius 1 is 1.19 bits per heavy atom. The van der Waals surface area contributed by atoms with Crippen LogP contribution < -0.4 is 14.8 Å². The number of ether oxygens (including phenoxy) is 2. The zero-order valence-corrected chi connectivity index (χ0v) is 16.9. The summed E-state index contributed by atoms with van der Waals surface area (Å²) in [6.07, 6.45) is 2.13. The number of carbonyl (C=O) groups is 2. The maximum atomic E-state index is 12.6. The third-order valence-corrected chi connectivity index (χ3v) is 4.72. The SMILES string of the molecule is CCCOc1ccc(C(C)NC(=O)C2CC(=O)N(CC)C2)cc1OCCC. The summed E-state index contributed by atoms with van der Waals surface area (Å²) < 4.78 is 11.6. The Morgan fingerprint density at radius 2 is 1.85 bits per heavy atom. The van der Waals surface area contributed by atoms with E-state index in [0.29, 0.717) is 38.5 Å². The molecule has 27 heavy (non-hydrogen) atoms. The summed E-state index contributed by atoms with van der Waals surface area (Å²) in [5, 5.41) is 3.04. The lowest BCUT2D eigenvalue weighted by Crippen LogP contribution is -2.34. The first kappa shape index (κ1) is 21.1. The highest BCUT2D eigenvalue weighted by Crippen LogP contribution is 2.31. The van der Waals surface area contributed by atoms with Crippen molar-refractivity contribution in [3.8, 4) is 11.5 Å². The fourth-order valence-corrected chi connectivity index (χ4v) is 3.12. The van der Waals surface area contributed by atoms with Crippen molar-refractivity contribution in [2.24, 2.45) is 5.92 Å². The predicted octanol–water partition coefficient (Wildman–Crippen LogP) is 3.31. The molecule has 0 spiro atoms. The van der Waals surface area contributed by atoms with E-state index >= 15 is 0 Å². The molecule has 1 saturated heterocycles. The number of rotatable bonds is 10. The van der Waals surface area contributed by atoms with Crippen molar-refractivity contribution in [2.75, 3.05) is 26.3 Å². The zero-order chi connectivity index (χ0) is 19.8. The normalized spacial score (nSPS) is 17.7. The first-order valence-corrected chi connectivity index (χ1v) is 9.97. The highest BCUT2D eigenvalue weighted by molar-refractivity contribution is 5.89. The molecule has 0 aliphatic carbocycles. The van der Waals surface area contributed by atoms with Crippen molar-refractivity contribution >= 4 is 11.8 Å². The summed E-state index contributed by atoms with van der Waals surface area (Å²) in [6.45, 7) is 10.4. The summed E-state index contributed by atoms with van der Waals surface area (Å²) in [5.41, 5.74) is 0.954. The predicted molar refractivity (Wildman–Crippen MR) is 105 cm³/mol. The van der Waals surface area contributed by atoms with Crippen LogP contribution in [0, 0.1) is 5.92 Å². The van der Waals surface area contributed by atoms with Crippen LogP contribution in [0.25, 0.3) is 0 Å². The summed E-state index contributed by atoms with van der Waals surface area (Å²) in [4.78, 5) is 26.1. The monoisotopic (exact) mass is 376 g/mol. The quantitative estimate of drug-likeness (QED) is 0.680. The fraction of sp³-hybridized carbons (Fsp3) is 0.619. The lowest BCUT2D eigenvalue weighted by atomic mass is 10.0. The molecule has 1 aliphatic rings. The summed E-state index contributed by atoms with van der Waals surface area (Å²) in [6, 6.07) is 5.61. The van der Waals surface area contributed by atoms with Gasteiger partial charge in [0.1, 0.15) is 0 Å². The number of amides is 2. The van der Waals surface area contributed by atoms with Gasteiger partial charge in [0.2, 0.25) is 11.8 Å². The molecular weight excluding hydrogens is 344 g/mol. The molecule has 0 radical (unpaired) electrons. The third kappa shape index (κ3) is 5.62. The van der Waals surface area contributed by atoms with Gasteiger partial charge in [-0.3, -0.25) is 9.59 Å². The van der Waals surface area contributed by atoms with Crippen LogP contribution in [0.15, 0.2) is 18.2 Å². The number of hydrogen-bond acceptors (Lipinski definition) is 4. The average Bonchev–Trinajstić information content (AvgIpc) is 3.05. The molecule has 1 aliphatic heterocycles. The van der Waals surface area contributed by atoms with Crippen molar-refractivity contribution in [1.29, 1.82) is 0 Å². The van der Waals surface area contributed by atoms with Crippen LogP contribution in [0.2, 0.25) is 0 Å². The van der Waals surface area contributed by atoms with Gasteiger partial charge in [-0.15, -0.1) is 0 Å². The van der Waals surface area contributed by atoms with E-state index in [4.69, 9.17) is 9.47 Å². The second-order valence-corrected chi connectivity index (χ2v) is 6.97. The summed E-state index contributed by atoms with van der Waals surface area (Å²) >= 11 is 0. The maximum Gasteiger partial charge on any atom is 0.225 e. The Hall–Kier alpha value is -2.24. The van der Waals surface area contributed by atoms with Gasteiger partial charge >= 0.3 is 0 Å². The van der Waals surface area contributed by atoms with Crippen LogP contribution >= 0.6 is 0 Å². The van der Waals surface area contributed by atoms with E-state index in [1.54, 1.807) is 4.90 Å². The van der Waals surface area contributed by atoms with Gasteiger partial charge in [0.25, 0.3) is 0 Å². The van der Waals surface area contributed by atoms with E-state index in [0.717, 1.165) is 24.2 Å². The largest absolute Gasteiger partial charge is 0.490 e. The molecule has 2 amide bonds. The van der Waals surface area contributed by atoms with Gasteiger partial charge < -0.3 is 19.7 Å². The Morgan fingerprint density at radius 3 is 2.44 bits per heavy atom. The third-order valence-electron chi connectivity index (χ3n) is 4.72. The topological polar surface area (TPSA) is 67.9 Å². The molecule has 1 aromatic carbocycles. The lowest BCUT2D eigenvalue weighted by molar-refractivity contribution is -0.129. The summed E-state index contributed by atoms with van der Waals surface area (Å²) in [7, 11) is 0. The first-order valence-electron chi connectivity index (χ1n) is 9.97. The second-order valence-electron chi connectivity index (χ2n) is 6.97. The molecule has 0 bridgehead atoms. The van der Waals surface area contributed by atoms with Gasteiger partial charge in [0, 0.05) is 19.5 Å². The van der Waals surface area contributed by atoms with E-state index in [1.165, 1.54) is 0 Å². The van der Waals surface area contributed by atoms with Gasteiger partial charge in [-0.1, -0.05) is 19.9 Å². The van der Waals surface area contributed by atoms with Crippen molar-refractivity contribution in [1.82, 2.24) is 10.2 Å². The van der Waals surface area contributed by atoms with E-state index in [2.05, 4.69) is 19.2 Å². The number of likely N-dealkylation sites (tertiary alicyclic amines) is 1. The first-order chi connectivity index (χ1) is 13.0. The number of nitrogens with zero attached hydrogens (tertiary/aromatic N) is 1. The van der Waals surface area contributed by atoms with E-state index in [1.807, 2.05) is 32.0 Å². The Kier molecular flexibility index (Phi) is 7.95. The molecular formula is C21H32N2O4. The Labute approximate surface area is 162 Å². The number of hydrogen-bond donors (Lipinski definition) is 1. The molecule has 2 unspecified atom stereocenters. The summed E-state index contributed by atoms with van der Waals surface area (Å²) in [5.74, 6) is 1.14. The van der Waals surface area contributed by atoms with Gasteiger partial charge in [0.15, 0.2) is 11.5 Å². The Bertz CT molecular complexity index is 647. The minimum Gasteiger partial charge on any atom is -0.490 e. The fourth-order valence-electron chi connectivity index (χ4n) is 3.12. The Balaban J connectivity index is 2.05. The number of nitrogens with one attached hydrogen (secondary N) is 1. The van der Waals surface area contributed by atoms with Crippen molar-refractivity contribution < 1.29 is 19.1 Å². The van der Waals surface area contributed by atoms with Crippen LogP contribution in [0.5, 0.6) is 11.5 Å². The smallest absolute Gasteiger partial charge is 0.225 e. The van der Waals surface area contributed by atoms with E-state index in [9.17, 15) is 9.59 Å². The standard InChI is InChI=1S/C21H32N2O4/c1-5-10-26-18-9-8-16(12-19(18)27-11-6-2)15(4)22-21(25)17-13-20(24)23(7-3)14-17/h8-9,12,15,17H,5-7,10-11,13-14H2,1-4H3,(H,22,25). The van der Waals surface area contributed by atoms with Crippen LogP contribution in [-0.2, 0) is 9.59 Å². The highest BCUT2D eigenvalue weighted by atomic mass is 16.5. The van der Waals surface area contributed by atoms with Crippen molar-refractivity contribution in [2.45, 2.75) is 53.0 Å². The van der Waals surface area contributed by atoms with Crippen LogP contribution in [0.3, 0.4) is 0 Å². The van der Waals surface area contributed by atoms with Crippen molar-refractivity contribution in [3.05, 3.63) is 23.8 Å². The lowest BCUT2D eigenvalue weighted by Gasteiger charge is -2.20. The van der Waals surface area contributed by atoms with Crippen LogP contribution in [0.1, 0.15) is 58.6 Å². The minimum atomic E-state index is -0.275. The maximum absolute atomic E-state index is 12.6. The highest BCUT2D eigenvalue weighted by Gasteiger charge is 2.33. The van der Waals surface area contributed by atoms with Crippen LogP contribution in [0.4, 0.5) is 0 Å².